The molecule has 0 atom stereocenters. The highest BCUT2D eigenvalue weighted by molar-refractivity contribution is 7.98. The molecule has 0 aliphatic heterocycles. The van der Waals surface area contributed by atoms with Gasteiger partial charge >= 0.3 is 6.03 Å². The number of thioether (sulfide) groups is 1. The molecule has 22 heavy (non-hydrogen) atoms. The van der Waals surface area contributed by atoms with Gasteiger partial charge in [0.15, 0.2) is 0 Å². The predicted octanol–water partition coefficient (Wildman–Crippen LogP) is 5.05. The molecular weight excluding hydrogens is 339 g/mol. The monoisotopic (exact) mass is 354 g/mol. The Morgan fingerprint density at radius 2 is 1.77 bits per heavy atom. The van der Waals surface area contributed by atoms with E-state index >= 15 is 0 Å². The second kappa shape index (κ2) is 8.93. The molecule has 0 saturated heterocycles. The van der Waals surface area contributed by atoms with E-state index in [0.29, 0.717) is 17.3 Å². The van der Waals surface area contributed by atoms with Crippen LogP contribution in [0, 0.1) is 0 Å². The number of rotatable bonds is 6. The van der Waals surface area contributed by atoms with Crippen molar-refractivity contribution in [1.82, 2.24) is 5.32 Å². The van der Waals surface area contributed by atoms with Gasteiger partial charge in [-0.3, -0.25) is 0 Å². The second-order valence-electron chi connectivity index (χ2n) is 4.53. The van der Waals surface area contributed by atoms with Crippen LogP contribution in [-0.4, -0.2) is 18.3 Å². The maximum absolute atomic E-state index is 11.7. The average molecular weight is 355 g/mol. The van der Waals surface area contributed by atoms with Crippen molar-refractivity contribution in [3.05, 3.63) is 64.1 Å². The zero-order valence-corrected chi connectivity index (χ0v) is 14.1. The van der Waals surface area contributed by atoms with Crippen LogP contribution in [0.25, 0.3) is 0 Å². The van der Waals surface area contributed by atoms with Crippen molar-refractivity contribution >= 4 is 46.7 Å². The van der Waals surface area contributed by atoms with Crippen LogP contribution in [0.2, 0.25) is 10.0 Å². The van der Waals surface area contributed by atoms with Gasteiger partial charge in [-0.2, -0.15) is 11.8 Å². The summed E-state index contributed by atoms with van der Waals surface area (Å²) in [5.41, 5.74) is 1.82. The lowest BCUT2D eigenvalue weighted by Crippen LogP contribution is -2.30. The minimum atomic E-state index is -0.222. The first-order valence-electron chi connectivity index (χ1n) is 6.77. The third-order valence-electron chi connectivity index (χ3n) is 2.85. The molecule has 0 unspecified atom stereocenters. The normalized spacial score (nSPS) is 10.3. The fourth-order valence-electron chi connectivity index (χ4n) is 1.74. The number of carbonyl (C=O) groups is 1. The summed E-state index contributed by atoms with van der Waals surface area (Å²) in [6, 6.07) is 14.5. The van der Waals surface area contributed by atoms with Crippen molar-refractivity contribution in [2.45, 2.75) is 5.75 Å². The molecule has 3 nitrogen and oxygen atoms in total. The number of anilines is 1. The Hall–Kier alpha value is -1.36. The van der Waals surface area contributed by atoms with Crippen LogP contribution < -0.4 is 10.6 Å². The first kappa shape index (κ1) is 17.0. The zero-order chi connectivity index (χ0) is 15.8. The molecule has 0 aliphatic rings. The summed E-state index contributed by atoms with van der Waals surface area (Å²) in [5, 5.41) is 6.98. The largest absolute Gasteiger partial charge is 0.337 e. The Kier molecular flexibility index (Phi) is 6.90. The highest BCUT2D eigenvalue weighted by atomic mass is 35.5. The van der Waals surface area contributed by atoms with Crippen LogP contribution in [0.15, 0.2) is 48.5 Å². The Balaban J connectivity index is 1.63. The predicted molar refractivity (Wildman–Crippen MR) is 96.1 cm³/mol. The Bertz CT molecular complexity index is 620. The number of benzene rings is 2. The third kappa shape index (κ3) is 5.79. The molecule has 2 N–H and O–H groups in total. The van der Waals surface area contributed by atoms with Crippen LogP contribution in [-0.2, 0) is 5.75 Å². The quantitative estimate of drug-likeness (QED) is 0.712. The van der Waals surface area contributed by atoms with Gasteiger partial charge < -0.3 is 10.6 Å². The van der Waals surface area contributed by atoms with E-state index in [1.165, 1.54) is 0 Å². The molecule has 0 radical (unpaired) electrons. The molecule has 0 saturated carbocycles. The summed E-state index contributed by atoms with van der Waals surface area (Å²) in [5.74, 6) is 1.65. The molecule has 0 heterocycles. The van der Waals surface area contributed by atoms with Gasteiger partial charge in [0.1, 0.15) is 0 Å². The second-order valence-corrected chi connectivity index (χ2v) is 6.48. The lowest BCUT2D eigenvalue weighted by molar-refractivity contribution is 0.252. The molecule has 0 aromatic heterocycles. The lowest BCUT2D eigenvalue weighted by atomic mass is 10.2. The standard InChI is InChI=1S/C16H16Cl2N2OS/c17-13-5-7-14(8-6-13)20-16(21)19-9-10-22-11-12-3-1-2-4-15(12)18/h1-8H,9-11H2,(H2,19,20,21). The number of urea groups is 1. The first-order chi connectivity index (χ1) is 10.6. The molecule has 2 aromatic rings. The van der Waals surface area contributed by atoms with Gasteiger partial charge in [-0.25, -0.2) is 4.79 Å². The summed E-state index contributed by atoms with van der Waals surface area (Å²) in [7, 11) is 0. The molecule has 2 rings (SSSR count). The summed E-state index contributed by atoms with van der Waals surface area (Å²) >= 11 is 13.6. The molecule has 0 spiro atoms. The van der Waals surface area contributed by atoms with Crippen LogP contribution in [0.5, 0.6) is 0 Å². The highest BCUT2D eigenvalue weighted by Gasteiger charge is 2.02. The van der Waals surface area contributed by atoms with Gasteiger partial charge in [0.25, 0.3) is 0 Å². The molecule has 6 heteroatoms. The number of halogens is 2. The fourth-order valence-corrected chi connectivity index (χ4v) is 3.01. The summed E-state index contributed by atoms with van der Waals surface area (Å²) in [6.45, 7) is 0.592. The maximum Gasteiger partial charge on any atom is 0.319 e. The summed E-state index contributed by atoms with van der Waals surface area (Å²) in [6.07, 6.45) is 0. The number of hydrogen-bond donors (Lipinski definition) is 2. The minimum absolute atomic E-state index is 0.222. The van der Waals surface area contributed by atoms with Crippen molar-refractivity contribution in [3.63, 3.8) is 0 Å². The summed E-state index contributed by atoms with van der Waals surface area (Å²) in [4.78, 5) is 11.7. The van der Waals surface area contributed by atoms with Crippen LogP contribution in [0.1, 0.15) is 5.56 Å². The van der Waals surface area contributed by atoms with E-state index in [4.69, 9.17) is 23.2 Å². The maximum atomic E-state index is 11.7. The van der Waals surface area contributed by atoms with Gasteiger partial charge in [0, 0.05) is 33.8 Å². The van der Waals surface area contributed by atoms with E-state index < -0.39 is 0 Å². The van der Waals surface area contributed by atoms with E-state index in [2.05, 4.69) is 10.6 Å². The van der Waals surface area contributed by atoms with Crippen LogP contribution >= 0.6 is 35.0 Å². The van der Waals surface area contributed by atoms with E-state index in [1.807, 2.05) is 24.3 Å². The highest BCUT2D eigenvalue weighted by Crippen LogP contribution is 2.20. The molecule has 2 amide bonds. The lowest BCUT2D eigenvalue weighted by Gasteiger charge is -2.08. The van der Waals surface area contributed by atoms with Gasteiger partial charge in [-0.05, 0) is 35.9 Å². The van der Waals surface area contributed by atoms with Gasteiger partial charge in [-0.15, -0.1) is 0 Å². The van der Waals surface area contributed by atoms with Gasteiger partial charge in [0.05, 0.1) is 0 Å². The number of hydrogen-bond acceptors (Lipinski definition) is 2. The zero-order valence-electron chi connectivity index (χ0n) is 11.8. The topological polar surface area (TPSA) is 41.1 Å². The Morgan fingerprint density at radius 3 is 2.50 bits per heavy atom. The number of amides is 2. The van der Waals surface area contributed by atoms with E-state index in [9.17, 15) is 4.79 Å². The van der Waals surface area contributed by atoms with Crippen LogP contribution in [0.3, 0.4) is 0 Å². The summed E-state index contributed by atoms with van der Waals surface area (Å²) < 4.78 is 0. The van der Waals surface area contributed by atoms with Crippen molar-refractivity contribution in [2.24, 2.45) is 0 Å². The minimum Gasteiger partial charge on any atom is -0.337 e. The van der Waals surface area contributed by atoms with Crippen molar-refractivity contribution < 1.29 is 4.79 Å². The van der Waals surface area contributed by atoms with E-state index in [-0.39, 0.29) is 6.03 Å². The first-order valence-corrected chi connectivity index (χ1v) is 8.68. The SMILES string of the molecule is O=C(NCCSCc1ccccc1Cl)Nc1ccc(Cl)cc1. The molecule has 0 bridgehead atoms. The molecule has 0 fully saturated rings. The van der Waals surface area contributed by atoms with E-state index in [1.54, 1.807) is 36.0 Å². The number of nitrogens with one attached hydrogen (secondary N) is 2. The average Bonchev–Trinajstić information content (AvgIpc) is 2.51. The van der Waals surface area contributed by atoms with Crippen LogP contribution in [0.4, 0.5) is 10.5 Å². The molecule has 2 aromatic carbocycles. The Labute approximate surface area is 144 Å². The van der Waals surface area contributed by atoms with Crippen molar-refractivity contribution in [2.75, 3.05) is 17.6 Å². The smallest absolute Gasteiger partial charge is 0.319 e. The molecular formula is C16H16Cl2N2OS. The fraction of sp³-hybridized carbons (Fsp3) is 0.188. The van der Waals surface area contributed by atoms with Crippen molar-refractivity contribution in [3.8, 4) is 0 Å². The van der Waals surface area contributed by atoms with Crippen molar-refractivity contribution in [1.29, 1.82) is 0 Å². The van der Waals surface area contributed by atoms with Gasteiger partial charge in [0.2, 0.25) is 0 Å². The molecule has 0 aliphatic carbocycles. The number of carbonyl (C=O) groups excluding carboxylic acids is 1. The third-order valence-corrected chi connectivity index (χ3v) is 4.48. The Morgan fingerprint density at radius 1 is 1.05 bits per heavy atom. The molecule has 116 valence electrons. The van der Waals surface area contributed by atoms with Gasteiger partial charge in [-0.1, -0.05) is 41.4 Å². The van der Waals surface area contributed by atoms with E-state index in [0.717, 1.165) is 22.1 Å².